The second kappa shape index (κ2) is 6.93. The minimum atomic E-state index is 0.403. The van der Waals surface area contributed by atoms with Crippen molar-refractivity contribution in [2.45, 2.75) is 51.9 Å². The third-order valence-corrected chi connectivity index (χ3v) is 5.16. The maximum atomic E-state index is 12.4. The summed E-state index contributed by atoms with van der Waals surface area (Å²) in [6.45, 7) is 4.01. The van der Waals surface area contributed by atoms with Gasteiger partial charge in [0.05, 0.1) is 0 Å². The van der Waals surface area contributed by atoms with Gasteiger partial charge in [0.1, 0.15) is 0 Å². The van der Waals surface area contributed by atoms with Crippen LogP contribution in [0.4, 0.5) is 0 Å². The van der Waals surface area contributed by atoms with Gasteiger partial charge in [0.2, 0.25) is 5.91 Å². The lowest BCUT2D eigenvalue weighted by molar-refractivity contribution is -0.132. The molecule has 0 radical (unpaired) electrons. The highest BCUT2D eigenvalue weighted by Crippen LogP contribution is 2.49. The van der Waals surface area contributed by atoms with Crippen molar-refractivity contribution in [1.29, 1.82) is 0 Å². The molecule has 2 aliphatic carbocycles. The summed E-state index contributed by atoms with van der Waals surface area (Å²) < 4.78 is 0. The van der Waals surface area contributed by atoms with E-state index >= 15 is 0 Å². The second-order valence-electron chi connectivity index (χ2n) is 6.06. The van der Waals surface area contributed by atoms with Crippen molar-refractivity contribution >= 4 is 21.8 Å². The molecule has 18 heavy (non-hydrogen) atoms. The first-order chi connectivity index (χ1) is 8.74. The summed E-state index contributed by atoms with van der Waals surface area (Å²) in [5.41, 5.74) is 0. The monoisotopic (exact) mass is 315 g/mol. The van der Waals surface area contributed by atoms with Gasteiger partial charge >= 0.3 is 0 Å². The normalized spacial score (nSPS) is 29.8. The first-order valence-corrected chi connectivity index (χ1v) is 8.70. The van der Waals surface area contributed by atoms with Crippen LogP contribution in [-0.2, 0) is 4.79 Å². The first kappa shape index (κ1) is 14.4. The molecule has 0 saturated heterocycles. The van der Waals surface area contributed by atoms with Crippen molar-refractivity contribution in [1.82, 2.24) is 4.90 Å². The van der Waals surface area contributed by atoms with Crippen molar-refractivity contribution in [2.24, 2.45) is 17.8 Å². The molecular formula is C15H26BrNO. The van der Waals surface area contributed by atoms with Crippen molar-refractivity contribution in [3.63, 3.8) is 0 Å². The fourth-order valence-corrected chi connectivity index (χ4v) is 4.22. The molecule has 2 fully saturated rings. The summed E-state index contributed by atoms with van der Waals surface area (Å²) >= 11 is 3.46. The Bertz CT molecular complexity index is 282. The SMILES string of the molecule is CCCCN(CCBr)C(=O)CC1CC2CCC1C2. The number of fused-ring (bicyclic) bond motifs is 2. The highest BCUT2D eigenvalue weighted by molar-refractivity contribution is 9.09. The molecule has 1 amide bonds. The van der Waals surface area contributed by atoms with Crippen LogP contribution in [0, 0.1) is 17.8 Å². The smallest absolute Gasteiger partial charge is 0.222 e. The average Bonchev–Trinajstić information content (AvgIpc) is 2.96. The Morgan fingerprint density at radius 2 is 2.11 bits per heavy atom. The first-order valence-electron chi connectivity index (χ1n) is 7.58. The maximum absolute atomic E-state index is 12.4. The highest BCUT2D eigenvalue weighted by atomic mass is 79.9. The topological polar surface area (TPSA) is 20.3 Å². The van der Waals surface area contributed by atoms with Crippen LogP contribution in [0.1, 0.15) is 51.9 Å². The molecule has 3 atom stereocenters. The molecule has 0 N–H and O–H groups in total. The predicted molar refractivity (Wildman–Crippen MR) is 78.8 cm³/mol. The van der Waals surface area contributed by atoms with Gasteiger partial charge in [-0.3, -0.25) is 4.79 Å². The van der Waals surface area contributed by atoms with E-state index in [9.17, 15) is 4.79 Å². The quantitative estimate of drug-likeness (QED) is 0.654. The average molecular weight is 316 g/mol. The number of hydrogen-bond acceptors (Lipinski definition) is 1. The van der Waals surface area contributed by atoms with E-state index in [2.05, 4.69) is 27.8 Å². The molecule has 2 aliphatic rings. The summed E-state index contributed by atoms with van der Waals surface area (Å²) in [7, 11) is 0. The molecule has 0 aromatic heterocycles. The number of carbonyl (C=O) groups is 1. The van der Waals surface area contributed by atoms with Gasteiger partial charge in [-0.1, -0.05) is 35.7 Å². The van der Waals surface area contributed by atoms with Gasteiger partial charge < -0.3 is 4.90 Å². The van der Waals surface area contributed by atoms with E-state index < -0.39 is 0 Å². The highest BCUT2D eigenvalue weighted by Gasteiger charge is 2.40. The fraction of sp³-hybridized carbons (Fsp3) is 0.933. The van der Waals surface area contributed by atoms with E-state index in [0.717, 1.165) is 43.1 Å². The summed E-state index contributed by atoms with van der Waals surface area (Å²) in [6.07, 6.45) is 8.66. The van der Waals surface area contributed by atoms with E-state index in [-0.39, 0.29) is 0 Å². The lowest BCUT2D eigenvalue weighted by atomic mass is 9.86. The minimum Gasteiger partial charge on any atom is -0.342 e. The van der Waals surface area contributed by atoms with Crippen molar-refractivity contribution in [3.8, 4) is 0 Å². The van der Waals surface area contributed by atoms with Gasteiger partial charge in [0.15, 0.2) is 0 Å². The molecule has 2 saturated carbocycles. The maximum Gasteiger partial charge on any atom is 0.222 e. The van der Waals surface area contributed by atoms with Gasteiger partial charge in [0, 0.05) is 24.8 Å². The van der Waals surface area contributed by atoms with Crippen molar-refractivity contribution in [3.05, 3.63) is 0 Å². The third kappa shape index (κ3) is 3.49. The third-order valence-electron chi connectivity index (χ3n) is 4.81. The number of amides is 1. The lowest BCUT2D eigenvalue weighted by Gasteiger charge is -2.26. The number of alkyl halides is 1. The van der Waals surface area contributed by atoms with E-state index in [0.29, 0.717) is 11.8 Å². The van der Waals surface area contributed by atoms with Crippen LogP contribution < -0.4 is 0 Å². The Morgan fingerprint density at radius 1 is 1.28 bits per heavy atom. The Hall–Kier alpha value is -0.0500. The number of nitrogens with zero attached hydrogens (tertiary/aromatic N) is 1. The summed E-state index contributed by atoms with van der Waals surface area (Å²) in [4.78, 5) is 14.5. The Kier molecular flexibility index (Phi) is 5.53. The minimum absolute atomic E-state index is 0.403. The van der Waals surface area contributed by atoms with Crippen LogP contribution in [0.5, 0.6) is 0 Å². The Labute approximate surface area is 120 Å². The van der Waals surface area contributed by atoms with E-state index in [1.807, 2.05) is 0 Å². The number of halogens is 1. The zero-order chi connectivity index (χ0) is 13.0. The zero-order valence-electron chi connectivity index (χ0n) is 11.5. The molecule has 2 rings (SSSR count). The fourth-order valence-electron chi connectivity index (χ4n) is 3.79. The van der Waals surface area contributed by atoms with Gasteiger partial charge in [-0.05, 0) is 43.4 Å². The molecule has 104 valence electrons. The number of carbonyl (C=O) groups excluding carboxylic acids is 1. The number of unbranched alkanes of at least 4 members (excludes halogenated alkanes) is 1. The molecule has 3 unspecified atom stereocenters. The number of hydrogen-bond donors (Lipinski definition) is 0. The zero-order valence-corrected chi connectivity index (χ0v) is 13.1. The van der Waals surface area contributed by atoms with Crippen molar-refractivity contribution < 1.29 is 4.79 Å². The van der Waals surface area contributed by atoms with Gasteiger partial charge in [-0.2, -0.15) is 0 Å². The van der Waals surface area contributed by atoms with E-state index in [4.69, 9.17) is 0 Å². The number of rotatable bonds is 7. The molecule has 2 nitrogen and oxygen atoms in total. The molecule has 0 aromatic carbocycles. The van der Waals surface area contributed by atoms with Crippen molar-refractivity contribution in [2.75, 3.05) is 18.4 Å². The summed E-state index contributed by atoms with van der Waals surface area (Å²) in [5.74, 6) is 2.93. The van der Waals surface area contributed by atoms with Gasteiger partial charge in [0.25, 0.3) is 0 Å². The molecule has 3 heteroatoms. The van der Waals surface area contributed by atoms with Crippen LogP contribution in [0.3, 0.4) is 0 Å². The van der Waals surface area contributed by atoms with Crippen LogP contribution in [0.2, 0.25) is 0 Å². The van der Waals surface area contributed by atoms with Crippen LogP contribution in [0.15, 0.2) is 0 Å². The largest absolute Gasteiger partial charge is 0.342 e. The van der Waals surface area contributed by atoms with Crippen LogP contribution in [-0.4, -0.2) is 29.2 Å². The molecule has 2 bridgehead atoms. The van der Waals surface area contributed by atoms with Crippen LogP contribution in [0.25, 0.3) is 0 Å². The molecule has 0 spiro atoms. The molecule has 0 aromatic rings. The molecule has 0 heterocycles. The lowest BCUT2D eigenvalue weighted by Crippen LogP contribution is -2.35. The summed E-state index contributed by atoms with van der Waals surface area (Å²) in [6, 6.07) is 0. The predicted octanol–water partition coefficient (Wildman–Crippen LogP) is 3.84. The Balaban J connectivity index is 1.80. The van der Waals surface area contributed by atoms with E-state index in [1.165, 1.54) is 32.1 Å². The molecular weight excluding hydrogens is 290 g/mol. The summed E-state index contributed by atoms with van der Waals surface area (Å²) in [5, 5.41) is 0.902. The van der Waals surface area contributed by atoms with Crippen LogP contribution >= 0.6 is 15.9 Å². The Morgan fingerprint density at radius 3 is 2.67 bits per heavy atom. The van der Waals surface area contributed by atoms with Gasteiger partial charge in [-0.25, -0.2) is 0 Å². The van der Waals surface area contributed by atoms with Gasteiger partial charge in [-0.15, -0.1) is 0 Å². The standard InChI is InChI=1S/C15H26BrNO/c1-2-3-7-17(8-6-16)15(18)11-14-10-12-4-5-13(14)9-12/h12-14H,2-11H2,1H3. The molecule has 0 aliphatic heterocycles. The second-order valence-corrected chi connectivity index (χ2v) is 6.86. The van der Waals surface area contributed by atoms with E-state index in [1.54, 1.807) is 0 Å².